The number of ether oxygens (including phenoxy) is 4. The molecule has 0 saturated carbocycles. The monoisotopic (exact) mass is 492 g/mol. The number of methoxy groups -OCH3 is 2. The van der Waals surface area contributed by atoms with Crippen LogP contribution in [0.5, 0.6) is 28.7 Å². The van der Waals surface area contributed by atoms with Crippen molar-refractivity contribution in [2.45, 2.75) is 30.7 Å². The van der Waals surface area contributed by atoms with Crippen LogP contribution in [0.15, 0.2) is 39.7 Å². The Bertz CT molecular complexity index is 1280. The zero-order valence-corrected chi connectivity index (χ0v) is 18.6. The van der Waals surface area contributed by atoms with E-state index >= 15 is 0 Å². The van der Waals surface area contributed by atoms with E-state index in [-0.39, 0.29) is 50.8 Å². The minimum absolute atomic E-state index is 0.0166. The molecule has 0 aliphatic carbocycles. The Balaban J connectivity index is 1.84. The highest BCUT2D eigenvalue weighted by atomic mass is 16.7. The zero-order chi connectivity index (χ0) is 25.4. The lowest BCUT2D eigenvalue weighted by Crippen LogP contribution is -2.60. The van der Waals surface area contributed by atoms with Gasteiger partial charge in [-0.1, -0.05) is 0 Å². The fourth-order valence-electron chi connectivity index (χ4n) is 3.81. The number of hydrogen-bond donors (Lipinski definition) is 6. The average Bonchev–Trinajstić information content (AvgIpc) is 2.85. The molecule has 1 aliphatic heterocycles. The van der Waals surface area contributed by atoms with Crippen LogP contribution in [0, 0.1) is 0 Å². The van der Waals surface area contributed by atoms with Crippen molar-refractivity contribution < 1.29 is 54.0 Å². The molecule has 5 atom stereocenters. The van der Waals surface area contributed by atoms with Gasteiger partial charge in [-0.15, -0.1) is 0 Å². The number of hydrogen-bond acceptors (Lipinski definition) is 12. The minimum atomic E-state index is -1.72. The molecule has 1 unspecified atom stereocenters. The van der Waals surface area contributed by atoms with Crippen LogP contribution < -0.4 is 19.6 Å². The third kappa shape index (κ3) is 4.33. The summed E-state index contributed by atoms with van der Waals surface area (Å²) in [4.78, 5) is 13.3. The minimum Gasteiger partial charge on any atom is -0.504 e. The Morgan fingerprint density at radius 3 is 2.17 bits per heavy atom. The van der Waals surface area contributed by atoms with Crippen molar-refractivity contribution in [3.8, 4) is 39.9 Å². The molecule has 0 radical (unpaired) electrons. The Kier molecular flexibility index (Phi) is 6.74. The molecule has 1 aliphatic rings. The van der Waals surface area contributed by atoms with Crippen molar-refractivity contribution in [2.24, 2.45) is 0 Å². The first kappa shape index (κ1) is 24.6. The predicted octanol–water partition coefficient (Wildman–Crippen LogP) is 0.0671. The van der Waals surface area contributed by atoms with Gasteiger partial charge in [0.15, 0.2) is 23.0 Å². The summed E-state index contributed by atoms with van der Waals surface area (Å²) in [5.41, 5.74) is -0.537. The van der Waals surface area contributed by atoms with E-state index in [0.29, 0.717) is 0 Å². The molecule has 12 nitrogen and oxygen atoms in total. The van der Waals surface area contributed by atoms with Gasteiger partial charge >= 0.3 is 0 Å². The maximum absolute atomic E-state index is 13.3. The summed E-state index contributed by atoms with van der Waals surface area (Å²) in [5, 5.41) is 60.3. The fourth-order valence-corrected chi connectivity index (χ4v) is 3.81. The first-order valence-corrected chi connectivity index (χ1v) is 10.4. The second-order valence-corrected chi connectivity index (χ2v) is 7.83. The van der Waals surface area contributed by atoms with Crippen LogP contribution in [-0.4, -0.2) is 82.2 Å². The Labute approximate surface area is 197 Å². The number of benzene rings is 2. The van der Waals surface area contributed by atoms with E-state index in [4.69, 9.17) is 23.4 Å². The van der Waals surface area contributed by atoms with E-state index in [1.54, 1.807) is 0 Å². The Hall–Kier alpha value is -3.55. The molecule has 2 heterocycles. The van der Waals surface area contributed by atoms with E-state index < -0.39 is 42.7 Å². The van der Waals surface area contributed by atoms with Crippen LogP contribution in [0.2, 0.25) is 0 Å². The molecule has 3 aromatic rings. The number of rotatable bonds is 6. The standard InChI is InChI=1S/C23H24O12/c1-31-16-4-10-14(5-13(16)26)33-8-11(19(10)27)9-3-12(25)17(32-2)6-15(9)34-23-22(30)21(29)20(28)18(7-24)35-23/h3-6,8,18,20-26,28-30H,7H2,1-2H3/t18-,20-,21+,22-,23?/m1/s1. The quantitative estimate of drug-likeness (QED) is 0.272. The number of aliphatic hydroxyl groups is 4. The summed E-state index contributed by atoms with van der Waals surface area (Å²) in [6.45, 7) is -0.667. The maximum Gasteiger partial charge on any atom is 0.229 e. The third-order valence-electron chi connectivity index (χ3n) is 5.74. The van der Waals surface area contributed by atoms with Gasteiger partial charge in [-0.3, -0.25) is 4.79 Å². The van der Waals surface area contributed by atoms with Gasteiger partial charge < -0.3 is 54.0 Å². The van der Waals surface area contributed by atoms with Gasteiger partial charge in [-0.05, 0) is 12.1 Å². The Morgan fingerprint density at radius 1 is 0.857 bits per heavy atom. The van der Waals surface area contributed by atoms with E-state index in [0.717, 1.165) is 6.26 Å². The number of phenols is 2. The van der Waals surface area contributed by atoms with Crippen LogP contribution in [0.3, 0.4) is 0 Å². The lowest BCUT2D eigenvalue weighted by atomic mass is 9.99. The second kappa shape index (κ2) is 9.60. The molecule has 1 aromatic heterocycles. The summed E-state index contributed by atoms with van der Waals surface area (Å²) in [5.74, 6) is -0.681. The van der Waals surface area contributed by atoms with E-state index in [9.17, 15) is 35.4 Å². The van der Waals surface area contributed by atoms with Crippen molar-refractivity contribution in [3.63, 3.8) is 0 Å². The summed E-state index contributed by atoms with van der Waals surface area (Å²) in [6.07, 6.45) is -6.71. The largest absolute Gasteiger partial charge is 0.504 e. The number of aliphatic hydroxyl groups excluding tert-OH is 4. The average molecular weight is 492 g/mol. The molecule has 35 heavy (non-hydrogen) atoms. The summed E-state index contributed by atoms with van der Waals surface area (Å²) >= 11 is 0. The van der Waals surface area contributed by atoms with Crippen LogP contribution in [-0.2, 0) is 4.74 Å². The maximum atomic E-state index is 13.3. The van der Waals surface area contributed by atoms with Crippen LogP contribution in [0.4, 0.5) is 0 Å². The van der Waals surface area contributed by atoms with Gasteiger partial charge in [0.2, 0.25) is 11.7 Å². The van der Waals surface area contributed by atoms with E-state index in [2.05, 4.69) is 0 Å². The highest BCUT2D eigenvalue weighted by Gasteiger charge is 2.45. The molecule has 0 amide bonds. The van der Waals surface area contributed by atoms with Crippen molar-refractivity contribution in [1.29, 1.82) is 0 Å². The molecule has 2 aromatic carbocycles. The van der Waals surface area contributed by atoms with Crippen LogP contribution in [0.1, 0.15) is 0 Å². The summed E-state index contributed by atoms with van der Waals surface area (Å²) in [7, 11) is 2.61. The topological polar surface area (TPSA) is 189 Å². The number of phenolic OH excluding ortho intramolecular Hbond substituents is 2. The van der Waals surface area contributed by atoms with Crippen molar-refractivity contribution >= 4 is 11.0 Å². The van der Waals surface area contributed by atoms with Crippen molar-refractivity contribution in [3.05, 3.63) is 40.8 Å². The number of aromatic hydroxyl groups is 2. The van der Waals surface area contributed by atoms with Gasteiger partial charge in [0.25, 0.3) is 0 Å². The van der Waals surface area contributed by atoms with Crippen LogP contribution in [0.25, 0.3) is 22.1 Å². The van der Waals surface area contributed by atoms with Gasteiger partial charge in [0.1, 0.15) is 42.0 Å². The van der Waals surface area contributed by atoms with Gasteiger partial charge in [-0.2, -0.15) is 0 Å². The van der Waals surface area contributed by atoms with Crippen molar-refractivity contribution in [1.82, 2.24) is 0 Å². The molecule has 4 rings (SSSR count). The predicted molar refractivity (Wildman–Crippen MR) is 119 cm³/mol. The third-order valence-corrected chi connectivity index (χ3v) is 5.74. The molecule has 12 heteroatoms. The molecular weight excluding hydrogens is 468 g/mol. The zero-order valence-electron chi connectivity index (χ0n) is 18.6. The second-order valence-electron chi connectivity index (χ2n) is 7.83. The van der Waals surface area contributed by atoms with Crippen molar-refractivity contribution in [2.75, 3.05) is 20.8 Å². The van der Waals surface area contributed by atoms with Gasteiger partial charge in [0, 0.05) is 17.7 Å². The molecule has 6 N–H and O–H groups in total. The SMILES string of the molecule is COc1cc(OC2O[C@H](CO)[C@@H](O)[C@H](O)[C@H]2O)c(-c2coc3cc(O)c(OC)cc3c2=O)cc1O. The lowest BCUT2D eigenvalue weighted by Gasteiger charge is -2.39. The highest BCUT2D eigenvalue weighted by molar-refractivity contribution is 5.86. The van der Waals surface area contributed by atoms with Gasteiger partial charge in [-0.25, -0.2) is 0 Å². The molecule has 1 saturated heterocycles. The number of fused-ring (bicyclic) bond motifs is 1. The van der Waals surface area contributed by atoms with Crippen LogP contribution >= 0.6 is 0 Å². The first-order chi connectivity index (χ1) is 16.7. The van der Waals surface area contributed by atoms with E-state index in [1.807, 2.05) is 0 Å². The Morgan fingerprint density at radius 2 is 1.51 bits per heavy atom. The molecule has 188 valence electrons. The summed E-state index contributed by atoms with van der Waals surface area (Å²) in [6, 6.07) is 4.92. The molecule has 0 bridgehead atoms. The normalized spacial score (nSPS) is 24.3. The smallest absolute Gasteiger partial charge is 0.229 e. The van der Waals surface area contributed by atoms with Gasteiger partial charge in [0.05, 0.1) is 31.8 Å². The first-order valence-electron chi connectivity index (χ1n) is 10.4. The fraction of sp³-hybridized carbons (Fsp3) is 0.348. The molecule has 1 fully saturated rings. The lowest BCUT2D eigenvalue weighted by molar-refractivity contribution is -0.277. The highest BCUT2D eigenvalue weighted by Crippen LogP contribution is 2.41. The van der Waals surface area contributed by atoms with E-state index in [1.165, 1.54) is 38.5 Å². The molecular formula is C23H24O12. The molecule has 0 spiro atoms. The summed E-state index contributed by atoms with van der Waals surface area (Å²) < 4.78 is 26.8.